The molecule has 0 radical (unpaired) electrons. The summed E-state index contributed by atoms with van der Waals surface area (Å²) in [5.74, 6) is 1.08. The zero-order chi connectivity index (χ0) is 14.5. The third-order valence-corrected chi connectivity index (χ3v) is 3.56. The molecular formula is C14H23N5O. The first kappa shape index (κ1) is 14.6. The van der Waals surface area contributed by atoms with Crippen molar-refractivity contribution in [3.63, 3.8) is 0 Å². The molecule has 0 bridgehead atoms. The molecule has 3 N–H and O–H groups in total. The molecule has 1 aromatic rings. The molecule has 1 fully saturated rings. The number of carbonyl (C=O) groups is 1. The maximum atomic E-state index is 11.4. The van der Waals surface area contributed by atoms with Crippen LogP contribution in [0.1, 0.15) is 38.3 Å². The number of aromatic nitrogens is 2. The van der Waals surface area contributed by atoms with Crippen molar-refractivity contribution in [2.45, 2.75) is 45.6 Å². The van der Waals surface area contributed by atoms with E-state index in [0.29, 0.717) is 12.0 Å². The van der Waals surface area contributed by atoms with E-state index in [-0.39, 0.29) is 12.5 Å². The van der Waals surface area contributed by atoms with Crippen molar-refractivity contribution < 1.29 is 4.79 Å². The molecule has 1 saturated carbocycles. The van der Waals surface area contributed by atoms with Crippen molar-refractivity contribution in [3.8, 4) is 0 Å². The molecule has 2 rings (SSSR count). The van der Waals surface area contributed by atoms with Crippen LogP contribution in [0.3, 0.4) is 0 Å². The van der Waals surface area contributed by atoms with E-state index in [4.69, 9.17) is 5.73 Å². The average molecular weight is 277 g/mol. The zero-order valence-corrected chi connectivity index (χ0v) is 12.2. The number of carbonyl (C=O) groups excluding carboxylic acids is 1. The second kappa shape index (κ2) is 6.54. The highest BCUT2D eigenvalue weighted by Gasteiger charge is 2.25. The van der Waals surface area contributed by atoms with Crippen LogP contribution in [0.2, 0.25) is 0 Å². The fourth-order valence-corrected chi connectivity index (χ4v) is 2.72. The summed E-state index contributed by atoms with van der Waals surface area (Å²) in [5.41, 5.74) is 6.28. The monoisotopic (exact) mass is 277 g/mol. The molecule has 1 heterocycles. The number of hydrogen-bond acceptors (Lipinski definition) is 5. The first-order valence-corrected chi connectivity index (χ1v) is 7.24. The summed E-state index contributed by atoms with van der Waals surface area (Å²) in [6.45, 7) is 4.92. The minimum Gasteiger partial charge on any atom is -0.368 e. The standard InChI is InChI=1S/C14H23N5O/c1-3-16-14-17-10(2)8-13(18-14)19(9-12(15)20)11-6-4-5-7-11/h8,11H,3-7,9H2,1-2H3,(H2,15,20)(H,16,17,18). The van der Waals surface area contributed by atoms with E-state index < -0.39 is 0 Å². The van der Waals surface area contributed by atoms with Gasteiger partial charge < -0.3 is 16.0 Å². The lowest BCUT2D eigenvalue weighted by Gasteiger charge is -2.29. The van der Waals surface area contributed by atoms with Gasteiger partial charge >= 0.3 is 0 Å². The van der Waals surface area contributed by atoms with Crippen LogP contribution in [0.25, 0.3) is 0 Å². The molecule has 110 valence electrons. The second-order valence-electron chi connectivity index (χ2n) is 5.25. The molecule has 6 heteroatoms. The topological polar surface area (TPSA) is 84.1 Å². The van der Waals surface area contributed by atoms with Gasteiger partial charge in [-0.1, -0.05) is 12.8 Å². The average Bonchev–Trinajstić information content (AvgIpc) is 2.89. The highest BCUT2D eigenvalue weighted by molar-refractivity contribution is 5.79. The minimum atomic E-state index is -0.321. The Kier molecular flexibility index (Phi) is 4.76. The molecular weight excluding hydrogens is 254 g/mol. The minimum absolute atomic E-state index is 0.215. The summed E-state index contributed by atoms with van der Waals surface area (Å²) >= 11 is 0. The second-order valence-corrected chi connectivity index (χ2v) is 5.25. The summed E-state index contributed by atoms with van der Waals surface area (Å²) in [7, 11) is 0. The highest BCUT2D eigenvalue weighted by Crippen LogP contribution is 2.27. The Balaban J connectivity index is 2.28. The van der Waals surface area contributed by atoms with E-state index >= 15 is 0 Å². The molecule has 1 amide bonds. The Morgan fingerprint density at radius 1 is 1.45 bits per heavy atom. The summed E-state index contributed by atoms with van der Waals surface area (Å²) in [6.07, 6.45) is 4.58. The predicted molar refractivity (Wildman–Crippen MR) is 79.7 cm³/mol. The predicted octanol–water partition coefficient (Wildman–Crippen LogP) is 1.45. The Hall–Kier alpha value is -1.85. The number of anilines is 2. The fourth-order valence-electron chi connectivity index (χ4n) is 2.72. The third kappa shape index (κ3) is 3.59. The summed E-state index contributed by atoms with van der Waals surface area (Å²) in [4.78, 5) is 22.3. The van der Waals surface area contributed by atoms with Crippen molar-refractivity contribution in [2.24, 2.45) is 5.73 Å². The maximum absolute atomic E-state index is 11.4. The summed E-state index contributed by atoms with van der Waals surface area (Å²) in [6, 6.07) is 2.27. The number of amides is 1. The lowest BCUT2D eigenvalue weighted by molar-refractivity contribution is -0.116. The normalized spacial score (nSPS) is 15.3. The number of aryl methyl sites for hydroxylation is 1. The van der Waals surface area contributed by atoms with Gasteiger partial charge in [0.05, 0.1) is 6.54 Å². The molecule has 0 unspecified atom stereocenters. The number of nitrogens with one attached hydrogen (secondary N) is 1. The molecule has 1 aliphatic rings. The lowest BCUT2D eigenvalue weighted by Crippen LogP contribution is -2.40. The van der Waals surface area contributed by atoms with Gasteiger partial charge in [-0.2, -0.15) is 4.98 Å². The molecule has 1 aliphatic carbocycles. The Morgan fingerprint density at radius 2 is 2.15 bits per heavy atom. The van der Waals surface area contributed by atoms with Crippen LogP contribution >= 0.6 is 0 Å². The van der Waals surface area contributed by atoms with E-state index in [0.717, 1.165) is 30.9 Å². The van der Waals surface area contributed by atoms with Crippen LogP contribution in [0.5, 0.6) is 0 Å². The number of nitrogens with two attached hydrogens (primary N) is 1. The van der Waals surface area contributed by atoms with Crippen LogP contribution in [0.15, 0.2) is 6.07 Å². The van der Waals surface area contributed by atoms with E-state index in [1.807, 2.05) is 24.8 Å². The van der Waals surface area contributed by atoms with Crippen LogP contribution in [-0.2, 0) is 4.79 Å². The van der Waals surface area contributed by atoms with Crippen molar-refractivity contribution >= 4 is 17.7 Å². The van der Waals surface area contributed by atoms with Crippen molar-refractivity contribution in [1.29, 1.82) is 0 Å². The quantitative estimate of drug-likeness (QED) is 0.822. The van der Waals surface area contributed by atoms with Crippen LogP contribution in [0, 0.1) is 6.92 Å². The number of hydrogen-bond donors (Lipinski definition) is 2. The first-order chi connectivity index (χ1) is 9.60. The van der Waals surface area contributed by atoms with Crippen LogP contribution < -0.4 is 16.0 Å². The highest BCUT2D eigenvalue weighted by atomic mass is 16.1. The van der Waals surface area contributed by atoms with Gasteiger partial charge in [-0.05, 0) is 26.7 Å². The van der Waals surface area contributed by atoms with Crippen LogP contribution in [-0.4, -0.2) is 35.0 Å². The molecule has 20 heavy (non-hydrogen) atoms. The summed E-state index contributed by atoms with van der Waals surface area (Å²) < 4.78 is 0. The first-order valence-electron chi connectivity index (χ1n) is 7.24. The number of nitrogens with zero attached hydrogens (tertiary/aromatic N) is 3. The van der Waals surface area contributed by atoms with Gasteiger partial charge in [-0.3, -0.25) is 4.79 Å². The van der Waals surface area contributed by atoms with Crippen molar-refractivity contribution in [1.82, 2.24) is 9.97 Å². The molecule has 1 aromatic heterocycles. The van der Waals surface area contributed by atoms with Gasteiger partial charge in [0.2, 0.25) is 11.9 Å². The Labute approximate surface area is 119 Å². The number of rotatable bonds is 6. The van der Waals surface area contributed by atoms with Crippen molar-refractivity contribution in [3.05, 3.63) is 11.8 Å². The Morgan fingerprint density at radius 3 is 2.75 bits per heavy atom. The van der Waals surface area contributed by atoms with Gasteiger partial charge in [0.25, 0.3) is 0 Å². The molecule has 0 spiro atoms. The van der Waals surface area contributed by atoms with E-state index in [2.05, 4.69) is 15.3 Å². The summed E-state index contributed by atoms with van der Waals surface area (Å²) in [5, 5.41) is 3.12. The molecule has 6 nitrogen and oxygen atoms in total. The van der Waals surface area contributed by atoms with Gasteiger partial charge in [0, 0.05) is 24.3 Å². The van der Waals surface area contributed by atoms with Gasteiger partial charge in [-0.25, -0.2) is 4.98 Å². The number of primary amides is 1. The molecule has 0 aromatic carbocycles. The molecule has 0 atom stereocenters. The van der Waals surface area contributed by atoms with Gasteiger partial charge in [-0.15, -0.1) is 0 Å². The smallest absolute Gasteiger partial charge is 0.237 e. The fraction of sp³-hybridized carbons (Fsp3) is 0.643. The van der Waals surface area contributed by atoms with E-state index in [1.165, 1.54) is 12.8 Å². The zero-order valence-electron chi connectivity index (χ0n) is 12.2. The van der Waals surface area contributed by atoms with E-state index in [1.54, 1.807) is 0 Å². The molecule has 0 aliphatic heterocycles. The Bertz CT molecular complexity index is 471. The maximum Gasteiger partial charge on any atom is 0.237 e. The lowest BCUT2D eigenvalue weighted by atomic mass is 10.2. The van der Waals surface area contributed by atoms with Gasteiger partial charge in [0.15, 0.2) is 0 Å². The SMILES string of the molecule is CCNc1nc(C)cc(N(CC(N)=O)C2CCCC2)n1. The van der Waals surface area contributed by atoms with Gasteiger partial charge in [0.1, 0.15) is 5.82 Å². The van der Waals surface area contributed by atoms with Crippen LogP contribution in [0.4, 0.5) is 11.8 Å². The third-order valence-electron chi connectivity index (χ3n) is 3.56. The van der Waals surface area contributed by atoms with Crippen molar-refractivity contribution in [2.75, 3.05) is 23.3 Å². The molecule has 0 saturated heterocycles. The largest absolute Gasteiger partial charge is 0.368 e. The van der Waals surface area contributed by atoms with E-state index in [9.17, 15) is 4.79 Å².